The number of aromatic carboxylic acids is 1. The number of hydrogen-bond donors (Lipinski definition) is 5. The molecular weight excluding hydrogens is 815 g/mol. The SMILES string of the molecule is CN(C(=O)c1cc(S(=O)(=O)NC(=O)Nc2c3c(cc4c2CCC4)CCC3)nn1C)C1CC1.Cn1nc(S(=O)(=O)NC(=O)Nc2c3c(cc4c2CCC4)CCC3)cc1C(=O)O. The van der Waals surface area contributed by atoms with E-state index in [0.29, 0.717) is 0 Å². The highest BCUT2D eigenvalue weighted by molar-refractivity contribution is 7.90. The molecule has 0 bridgehead atoms. The van der Waals surface area contributed by atoms with Gasteiger partial charge in [0.2, 0.25) is 0 Å². The maximum Gasteiger partial charge on any atom is 0.354 e. The average Bonchev–Trinajstić information content (AvgIpc) is 3.86. The van der Waals surface area contributed by atoms with Gasteiger partial charge in [0.05, 0.1) is 0 Å². The number of benzene rings is 2. The van der Waals surface area contributed by atoms with Crippen molar-refractivity contribution in [1.29, 1.82) is 0 Å². The third-order valence-corrected chi connectivity index (χ3v) is 14.4. The van der Waals surface area contributed by atoms with Crippen LogP contribution in [-0.2, 0) is 85.5 Å². The van der Waals surface area contributed by atoms with Crippen LogP contribution in [0.25, 0.3) is 0 Å². The van der Waals surface area contributed by atoms with Gasteiger partial charge < -0.3 is 20.6 Å². The van der Waals surface area contributed by atoms with Crippen LogP contribution in [0.2, 0.25) is 0 Å². The van der Waals surface area contributed by atoms with Crippen molar-refractivity contribution in [2.24, 2.45) is 14.1 Å². The van der Waals surface area contributed by atoms with Crippen molar-refractivity contribution in [2.75, 3.05) is 17.7 Å². The summed E-state index contributed by atoms with van der Waals surface area (Å²) in [5.74, 6) is -1.60. The summed E-state index contributed by atoms with van der Waals surface area (Å²) in [6, 6.07) is 5.09. The molecule has 5 N–H and O–H groups in total. The second-order valence-electron chi connectivity index (χ2n) is 16.0. The number of aromatic nitrogens is 4. The number of amides is 5. The van der Waals surface area contributed by atoms with Gasteiger partial charge in [-0.25, -0.2) is 23.8 Å². The van der Waals surface area contributed by atoms with Crippen LogP contribution in [0.4, 0.5) is 21.0 Å². The first-order valence-electron chi connectivity index (χ1n) is 20.1. The maximum atomic E-state index is 12.8. The van der Waals surface area contributed by atoms with Gasteiger partial charge in [0, 0.05) is 50.7 Å². The summed E-state index contributed by atoms with van der Waals surface area (Å²) in [4.78, 5) is 50.5. The minimum atomic E-state index is -4.30. The summed E-state index contributed by atoms with van der Waals surface area (Å²) in [5, 5.41) is 21.4. The standard InChI is InChI=1S/C22H27N5O4S.C18H20N4O5S/c1-26(15-9-10-15)21(28)18-12-19(24-27(18)2)32(30,31)25-22(29)23-20-16-7-3-5-13(16)11-14-6-4-8-17(14)20;1-22-14(17(23)24)9-15(20-22)28(26,27)21-18(25)19-16-12-6-2-4-10(12)8-11-5-3-7-13(11)16/h11-12,15H,3-10H2,1-2H3,(H2,23,25,29);8-9H,2-7H2,1H3,(H,23,24)(H2,19,21,25). The summed E-state index contributed by atoms with van der Waals surface area (Å²) in [7, 11) is -4.00. The predicted molar refractivity (Wildman–Crippen MR) is 218 cm³/mol. The smallest absolute Gasteiger partial charge is 0.354 e. The second kappa shape index (κ2) is 15.7. The lowest BCUT2D eigenvalue weighted by molar-refractivity contribution is 0.0684. The molecule has 0 radical (unpaired) electrons. The molecule has 60 heavy (non-hydrogen) atoms. The molecule has 18 nitrogen and oxygen atoms in total. The van der Waals surface area contributed by atoms with Crippen molar-refractivity contribution in [2.45, 2.75) is 106 Å². The molecule has 318 valence electrons. The monoisotopic (exact) mass is 861 g/mol. The first-order valence-corrected chi connectivity index (χ1v) is 23.1. The van der Waals surface area contributed by atoms with Gasteiger partial charge in [-0.05, 0) is 134 Å². The molecule has 0 saturated heterocycles. The van der Waals surface area contributed by atoms with Crippen molar-refractivity contribution in [3.63, 3.8) is 0 Å². The fourth-order valence-corrected chi connectivity index (χ4v) is 10.7. The quantitative estimate of drug-likeness (QED) is 0.162. The lowest BCUT2D eigenvalue weighted by Gasteiger charge is -2.16. The van der Waals surface area contributed by atoms with Crippen molar-refractivity contribution in [3.8, 4) is 0 Å². The van der Waals surface area contributed by atoms with E-state index in [0.717, 1.165) is 134 Å². The van der Waals surface area contributed by atoms with E-state index in [9.17, 15) is 36.0 Å². The average molecular weight is 862 g/mol. The van der Waals surface area contributed by atoms with E-state index in [1.807, 2.05) is 4.72 Å². The third-order valence-electron chi connectivity index (χ3n) is 12.0. The molecular formula is C40H47N9O9S2. The highest BCUT2D eigenvalue weighted by atomic mass is 32.2. The number of hydrogen-bond acceptors (Lipinski definition) is 10. The number of nitrogens with one attached hydrogen (secondary N) is 4. The second-order valence-corrected chi connectivity index (χ2v) is 19.3. The van der Waals surface area contributed by atoms with E-state index in [2.05, 4.69) is 37.7 Å². The summed E-state index contributed by atoms with van der Waals surface area (Å²) < 4.78 is 56.7. The molecule has 20 heteroatoms. The third kappa shape index (κ3) is 7.96. The number of carboxylic acid groups (broad SMARTS) is 1. The topological polar surface area (TPSA) is 244 Å². The largest absolute Gasteiger partial charge is 0.477 e. The van der Waals surface area contributed by atoms with Gasteiger partial charge in [0.1, 0.15) is 11.4 Å². The van der Waals surface area contributed by atoms with Crippen molar-refractivity contribution in [3.05, 3.63) is 80.2 Å². The van der Waals surface area contributed by atoms with Crippen LogP contribution >= 0.6 is 0 Å². The molecule has 2 aromatic carbocycles. The van der Waals surface area contributed by atoms with E-state index >= 15 is 0 Å². The highest BCUT2D eigenvalue weighted by Crippen LogP contribution is 2.40. The van der Waals surface area contributed by atoms with Gasteiger partial charge in [0.15, 0.2) is 10.1 Å². The van der Waals surface area contributed by atoms with Gasteiger partial charge in [-0.2, -0.15) is 27.0 Å². The number of rotatable bonds is 9. The molecule has 5 amide bonds. The number of carbonyl (C=O) groups is 4. The Morgan fingerprint density at radius 2 is 0.983 bits per heavy atom. The van der Waals surface area contributed by atoms with E-state index in [-0.39, 0.29) is 28.4 Å². The molecule has 5 aliphatic carbocycles. The van der Waals surface area contributed by atoms with Crippen LogP contribution in [0.3, 0.4) is 0 Å². The molecule has 0 spiro atoms. The number of urea groups is 2. The molecule has 0 atom stereocenters. The van der Waals surface area contributed by atoms with E-state index in [4.69, 9.17) is 5.11 Å². The first-order chi connectivity index (χ1) is 28.5. The Balaban J connectivity index is 0.000000168. The summed E-state index contributed by atoms with van der Waals surface area (Å²) >= 11 is 0. The number of carbonyl (C=O) groups excluding carboxylic acids is 3. The highest BCUT2D eigenvalue weighted by Gasteiger charge is 2.34. The Morgan fingerprint density at radius 3 is 1.33 bits per heavy atom. The van der Waals surface area contributed by atoms with E-state index in [1.165, 1.54) is 47.1 Å². The van der Waals surface area contributed by atoms with Crippen LogP contribution in [-0.4, -0.2) is 83.4 Å². The zero-order chi connectivity index (χ0) is 42.7. The van der Waals surface area contributed by atoms with E-state index in [1.54, 1.807) is 11.9 Å². The first kappa shape index (κ1) is 41.0. The van der Waals surface area contributed by atoms with Gasteiger partial charge in [-0.15, -0.1) is 0 Å². The van der Waals surface area contributed by atoms with Crippen molar-refractivity contribution >= 4 is 55.4 Å². The fourth-order valence-electron chi connectivity index (χ4n) is 8.91. The zero-order valence-electron chi connectivity index (χ0n) is 33.6. The zero-order valence-corrected chi connectivity index (χ0v) is 35.2. The lowest BCUT2D eigenvalue weighted by Crippen LogP contribution is -2.35. The summed E-state index contributed by atoms with van der Waals surface area (Å²) in [5.41, 5.74) is 10.7. The minimum Gasteiger partial charge on any atom is -0.477 e. The number of aryl methyl sites for hydroxylation is 6. The molecule has 9 rings (SSSR count). The lowest BCUT2D eigenvalue weighted by atomic mass is 9.99. The molecule has 4 aromatic rings. The molecule has 2 aromatic heterocycles. The number of sulfonamides is 2. The summed E-state index contributed by atoms with van der Waals surface area (Å²) in [6.45, 7) is 0. The normalized spacial score (nSPS) is 16.2. The van der Waals surface area contributed by atoms with Crippen LogP contribution < -0.4 is 20.1 Å². The molecule has 1 saturated carbocycles. The Bertz CT molecular complexity index is 2640. The van der Waals surface area contributed by atoms with E-state index < -0.39 is 43.1 Å². The Kier molecular flexibility index (Phi) is 10.7. The maximum absolute atomic E-state index is 12.8. The molecule has 5 aliphatic rings. The Labute approximate surface area is 347 Å². The fraction of sp³-hybridized carbons (Fsp3) is 0.450. The number of fused-ring (bicyclic) bond motifs is 4. The minimum absolute atomic E-state index is 0.166. The Hall–Kier alpha value is -5.76. The van der Waals surface area contributed by atoms with Crippen LogP contribution in [0.5, 0.6) is 0 Å². The van der Waals surface area contributed by atoms with Gasteiger partial charge in [0.25, 0.3) is 26.0 Å². The van der Waals surface area contributed by atoms with Crippen LogP contribution in [0.15, 0.2) is 34.3 Å². The summed E-state index contributed by atoms with van der Waals surface area (Å²) in [6.07, 6.45) is 13.3. The van der Waals surface area contributed by atoms with Crippen molar-refractivity contribution < 1.29 is 41.1 Å². The van der Waals surface area contributed by atoms with Crippen LogP contribution in [0.1, 0.15) is 104 Å². The van der Waals surface area contributed by atoms with Gasteiger partial charge in [-0.1, -0.05) is 12.1 Å². The van der Waals surface area contributed by atoms with Gasteiger partial charge >= 0.3 is 18.0 Å². The molecule has 0 aliphatic heterocycles. The number of anilines is 2. The molecule has 1 fully saturated rings. The number of nitrogens with zero attached hydrogens (tertiary/aromatic N) is 5. The predicted octanol–water partition coefficient (Wildman–Crippen LogP) is 3.75. The van der Waals surface area contributed by atoms with Crippen LogP contribution in [0, 0.1) is 0 Å². The number of carboxylic acids is 1. The van der Waals surface area contributed by atoms with Crippen molar-refractivity contribution in [1.82, 2.24) is 33.9 Å². The van der Waals surface area contributed by atoms with Gasteiger partial charge in [-0.3, -0.25) is 14.2 Å². The molecule has 0 unspecified atom stereocenters. The molecule has 2 heterocycles. The Morgan fingerprint density at radius 1 is 0.617 bits per heavy atom.